The van der Waals surface area contributed by atoms with E-state index >= 15 is 0 Å². The molecule has 0 saturated heterocycles. The number of rotatable bonds is 6. The van der Waals surface area contributed by atoms with Gasteiger partial charge in [0.25, 0.3) is 5.91 Å². The summed E-state index contributed by atoms with van der Waals surface area (Å²) in [6, 6.07) is 3.82. The van der Waals surface area contributed by atoms with Crippen LogP contribution in [0.5, 0.6) is 0 Å². The van der Waals surface area contributed by atoms with Gasteiger partial charge >= 0.3 is 5.97 Å². The molecule has 0 aliphatic carbocycles. The number of amides is 1. The third-order valence-corrected chi connectivity index (χ3v) is 4.86. The predicted molar refractivity (Wildman–Crippen MR) is 81.8 cm³/mol. The summed E-state index contributed by atoms with van der Waals surface area (Å²) in [5.41, 5.74) is 0. The fourth-order valence-electron chi connectivity index (χ4n) is 1.76. The zero-order valence-corrected chi connectivity index (χ0v) is 13.0. The van der Waals surface area contributed by atoms with Crippen LogP contribution < -0.4 is 0 Å². The first kappa shape index (κ1) is 15.0. The summed E-state index contributed by atoms with van der Waals surface area (Å²) in [6.07, 6.45) is 0. The quantitative estimate of drug-likeness (QED) is 0.887. The van der Waals surface area contributed by atoms with E-state index in [-0.39, 0.29) is 12.5 Å². The molecule has 2 aromatic heterocycles. The molecule has 2 rings (SSSR count). The minimum Gasteiger partial charge on any atom is -0.480 e. The number of carboxylic acids is 1. The zero-order chi connectivity index (χ0) is 14.7. The number of fused-ring (bicyclic) bond motifs is 1. The van der Waals surface area contributed by atoms with Gasteiger partial charge in [-0.05, 0) is 31.6 Å². The Bertz CT molecular complexity index is 589. The molecule has 1 amide bonds. The molecule has 2 aromatic rings. The molecule has 1 N–H and O–H groups in total. The Morgan fingerprint density at radius 1 is 1.25 bits per heavy atom. The Morgan fingerprint density at radius 3 is 2.60 bits per heavy atom. The highest BCUT2D eigenvalue weighted by atomic mass is 32.1. The van der Waals surface area contributed by atoms with Gasteiger partial charge in [-0.25, -0.2) is 0 Å². The highest BCUT2D eigenvalue weighted by Crippen LogP contribution is 2.30. The predicted octanol–water partition coefficient (Wildman–Crippen LogP) is 2.05. The summed E-state index contributed by atoms with van der Waals surface area (Å²) in [7, 11) is 3.79. The molecule has 0 bridgehead atoms. The van der Waals surface area contributed by atoms with Gasteiger partial charge in [-0.1, -0.05) is 0 Å². The van der Waals surface area contributed by atoms with Crippen molar-refractivity contribution in [1.82, 2.24) is 9.80 Å². The number of nitrogens with zero attached hydrogens (tertiary/aromatic N) is 2. The number of thiophene rings is 2. The monoisotopic (exact) mass is 312 g/mol. The van der Waals surface area contributed by atoms with Crippen molar-refractivity contribution in [3.05, 3.63) is 22.4 Å². The number of carbonyl (C=O) groups is 2. The van der Waals surface area contributed by atoms with Crippen molar-refractivity contribution in [3.8, 4) is 0 Å². The minimum atomic E-state index is -0.990. The molecule has 0 saturated carbocycles. The minimum absolute atomic E-state index is 0.206. The summed E-state index contributed by atoms with van der Waals surface area (Å²) in [5.74, 6) is -1.20. The number of carboxylic acid groups (broad SMARTS) is 1. The molecule has 0 aromatic carbocycles. The summed E-state index contributed by atoms with van der Waals surface area (Å²) in [5, 5.41) is 10.9. The average Bonchev–Trinajstić information content (AvgIpc) is 2.93. The molecule has 0 unspecified atom stereocenters. The van der Waals surface area contributed by atoms with Gasteiger partial charge in [0.05, 0.1) is 4.88 Å². The third kappa shape index (κ3) is 3.56. The lowest BCUT2D eigenvalue weighted by Crippen LogP contribution is -2.39. The first-order valence-corrected chi connectivity index (χ1v) is 7.80. The smallest absolute Gasteiger partial charge is 0.323 e. The lowest BCUT2D eigenvalue weighted by Gasteiger charge is -2.22. The van der Waals surface area contributed by atoms with Crippen LogP contribution in [0.2, 0.25) is 0 Å². The lowest BCUT2D eigenvalue weighted by molar-refractivity contribution is -0.137. The number of hydrogen-bond acceptors (Lipinski definition) is 5. The second-order valence-corrected chi connectivity index (χ2v) is 6.71. The molecule has 0 spiro atoms. The van der Waals surface area contributed by atoms with E-state index in [4.69, 9.17) is 5.11 Å². The summed E-state index contributed by atoms with van der Waals surface area (Å²) >= 11 is 3.00. The van der Waals surface area contributed by atoms with Crippen molar-refractivity contribution in [3.63, 3.8) is 0 Å². The van der Waals surface area contributed by atoms with Crippen molar-refractivity contribution in [1.29, 1.82) is 0 Å². The summed E-state index contributed by atoms with van der Waals surface area (Å²) < 4.78 is 2.14. The number of carbonyl (C=O) groups excluding carboxylic acids is 1. The topological polar surface area (TPSA) is 60.9 Å². The van der Waals surface area contributed by atoms with Crippen LogP contribution in [0.1, 0.15) is 9.67 Å². The van der Waals surface area contributed by atoms with Gasteiger partial charge in [-0.15, -0.1) is 22.7 Å². The molecule has 0 atom stereocenters. The van der Waals surface area contributed by atoms with Gasteiger partial charge in [-0.2, -0.15) is 0 Å². The van der Waals surface area contributed by atoms with Crippen LogP contribution in [0, 0.1) is 0 Å². The Labute approximate surface area is 125 Å². The van der Waals surface area contributed by atoms with Crippen LogP contribution in [0.3, 0.4) is 0 Å². The molecule has 0 fully saturated rings. The Kier molecular flexibility index (Phi) is 4.74. The summed E-state index contributed by atoms with van der Waals surface area (Å²) in [6.45, 7) is 0.778. The average molecular weight is 312 g/mol. The van der Waals surface area contributed by atoms with Crippen molar-refractivity contribution >= 4 is 43.9 Å². The molecule has 2 heterocycles. The molecule has 0 aliphatic heterocycles. The van der Waals surface area contributed by atoms with Gasteiger partial charge < -0.3 is 14.9 Å². The fourth-order valence-corrected chi connectivity index (χ4v) is 3.84. The van der Waals surface area contributed by atoms with E-state index in [9.17, 15) is 9.59 Å². The molecule has 0 aliphatic rings. The second-order valence-electron chi connectivity index (χ2n) is 4.68. The van der Waals surface area contributed by atoms with E-state index in [2.05, 4.69) is 0 Å². The van der Waals surface area contributed by atoms with E-state index in [1.165, 1.54) is 16.2 Å². The highest BCUT2D eigenvalue weighted by Gasteiger charge is 2.20. The van der Waals surface area contributed by atoms with E-state index in [1.54, 1.807) is 11.3 Å². The van der Waals surface area contributed by atoms with Crippen LogP contribution in [0.4, 0.5) is 0 Å². The fraction of sp³-hybridized carbons (Fsp3) is 0.385. The first-order valence-electron chi connectivity index (χ1n) is 6.10. The number of aliphatic carboxylic acids is 1. The molecule has 20 heavy (non-hydrogen) atoms. The highest BCUT2D eigenvalue weighted by molar-refractivity contribution is 7.27. The molecule has 108 valence electrons. The van der Waals surface area contributed by atoms with E-state index in [0.717, 1.165) is 9.40 Å². The largest absolute Gasteiger partial charge is 0.480 e. The Hall–Kier alpha value is -1.44. The number of likely N-dealkylation sites (N-methyl/N-ethyl adjacent to an activating group) is 1. The standard InChI is InChI=1S/C13H16N2O3S2/c1-14(2)4-5-15(8-12(16)17)13(18)11-7-10-9(20-11)3-6-19-10/h3,6-7H,4-5,8H2,1-2H3,(H,16,17). The van der Waals surface area contributed by atoms with Gasteiger partial charge in [-0.3, -0.25) is 9.59 Å². The van der Waals surface area contributed by atoms with Crippen LogP contribution >= 0.6 is 22.7 Å². The Morgan fingerprint density at radius 2 is 2.00 bits per heavy atom. The molecule has 7 heteroatoms. The zero-order valence-electron chi connectivity index (χ0n) is 11.3. The van der Waals surface area contributed by atoms with Crippen molar-refractivity contribution in [2.45, 2.75) is 0 Å². The van der Waals surface area contributed by atoms with Crippen LogP contribution in [0.15, 0.2) is 17.5 Å². The van der Waals surface area contributed by atoms with E-state index < -0.39 is 5.97 Å². The molecule has 5 nitrogen and oxygen atoms in total. The van der Waals surface area contributed by atoms with Crippen LogP contribution in [0.25, 0.3) is 9.40 Å². The van der Waals surface area contributed by atoms with Crippen molar-refractivity contribution in [2.75, 3.05) is 33.7 Å². The van der Waals surface area contributed by atoms with Gasteiger partial charge in [0, 0.05) is 22.5 Å². The van der Waals surface area contributed by atoms with Crippen molar-refractivity contribution in [2.24, 2.45) is 0 Å². The van der Waals surface area contributed by atoms with Crippen LogP contribution in [-0.4, -0.2) is 60.5 Å². The maximum atomic E-state index is 12.4. The van der Waals surface area contributed by atoms with Gasteiger partial charge in [0.2, 0.25) is 0 Å². The summed E-state index contributed by atoms with van der Waals surface area (Å²) in [4.78, 5) is 27.2. The van der Waals surface area contributed by atoms with Gasteiger partial charge in [0.15, 0.2) is 0 Å². The third-order valence-electron chi connectivity index (χ3n) is 2.78. The molecular formula is C13H16N2O3S2. The maximum Gasteiger partial charge on any atom is 0.323 e. The lowest BCUT2D eigenvalue weighted by atomic mass is 10.3. The Balaban J connectivity index is 2.15. The maximum absolute atomic E-state index is 12.4. The number of hydrogen-bond donors (Lipinski definition) is 1. The SMILES string of the molecule is CN(C)CCN(CC(=O)O)C(=O)c1cc2sccc2s1. The second kappa shape index (κ2) is 6.34. The normalized spacial score (nSPS) is 11.2. The molecular weight excluding hydrogens is 296 g/mol. The molecule has 0 radical (unpaired) electrons. The van der Waals surface area contributed by atoms with E-state index in [1.807, 2.05) is 36.5 Å². The van der Waals surface area contributed by atoms with Gasteiger partial charge in [0.1, 0.15) is 6.54 Å². The van der Waals surface area contributed by atoms with Crippen molar-refractivity contribution < 1.29 is 14.7 Å². The van der Waals surface area contributed by atoms with Crippen LogP contribution in [-0.2, 0) is 4.79 Å². The first-order chi connectivity index (χ1) is 9.47. The van der Waals surface area contributed by atoms with E-state index in [0.29, 0.717) is 18.0 Å².